The lowest BCUT2D eigenvalue weighted by Gasteiger charge is -2.63. The molecule has 5 aliphatic rings. The summed E-state index contributed by atoms with van der Waals surface area (Å²) < 4.78 is 0. The number of rotatable bonds is 18. The van der Waals surface area contributed by atoms with Crippen LogP contribution in [-0.4, -0.2) is 75.6 Å². The molecule has 0 unspecified atom stereocenters. The maximum absolute atomic E-state index is 12.9. The molecule has 0 amide bonds. The van der Waals surface area contributed by atoms with Gasteiger partial charge in [-0.3, -0.25) is 0 Å². The van der Waals surface area contributed by atoms with Crippen molar-refractivity contribution in [3.63, 3.8) is 0 Å². The van der Waals surface area contributed by atoms with E-state index in [1.807, 2.05) is 18.3 Å². The molecule has 1 fully saturated rings. The van der Waals surface area contributed by atoms with Crippen LogP contribution in [0.3, 0.4) is 0 Å². The summed E-state index contributed by atoms with van der Waals surface area (Å²) in [7, 11) is 0. The van der Waals surface area contributed by atoms with Gasteiger partial charge in [0.15, 0.2) is 5.96 Å². The van der Waals surface area contributed by atoms with Gasteiger partial charge in [0, 0.05) is 31.2 Å². The number of carboxylic acid groups (broad SMARTS) is 1. The van der Waals surface area contributed by atoms with Gasteiger partial charge < -0.3 is 46.3 Å². The Labute approximate surface area is 340 Å². The molecule has 8 N–H and O–H groups in total. The maximum atomic E-state index is 12.9. The van der Waals surface area contributed by atoms with Crippen molar-refractivity contribution in [2.75, 3.05) is 18.5 Å². The Morgan fingerprint density at radius 1 is 0.983 bits per heavy atom. The van der Waals surface area contributed by atoms with E-state index in [4.69, 9.17) is 10.7 Å². The highest BCUT2D eigenvalue weighted by molar-refractivity contribution is 5.86. The highest BCUT2D eigenvalue weighted by Crippen LogP contribution is 2.67. The number of carboxylic acids is 1. The highest BCUT2D eigenvalue weighted by atomic mass is 16.4. The van der Waals surface area contributed by atoms with Crippen LogP contribution in [-0.2, 0) is 20.8 Å². The van der Waals surface area contributed by atoms with E-state index < -0.39 is 17.6 Å². The zero-order chi connectivity index (χ0) is 40.4. The number of nitrogens with one attached hydrogen (secondary N) is 3. The number of nitrogens with zero attached hydrogens (tertiary/aromatic N) is 1. The van der Waals surface area contributed by atoms with Gasteiger partial charge in [0.05, 0.1) is 24.2 Å². The Balaban J connectivity index is 1.24. The van der Waals surface area contributed by atoms with Crippen molar-refractivity contribution in [3.8, 4) is 0 Å². The fourth-order valence-electron chi connectivity index (χ4n) is 11.7. The second kappa shape index (κ2) is 17.1. The number of hydrogen-bond donors (Lipinski definition) is 7. The van der Waals surface area contributed by atoms with E-state index in [9.17, 15) is 29.7 Å². The van der Waals surface area contributed by atoms with Crippen molar-refractivity contribution in [2.24, 2.45) is 46.2 Å². The van der Waals surface area contributed by atoms with Gasteiger partial charge in [-0.15, -0.1) is 0 Å². The molecule has 3 aromatic rings. The number of aliphatic imine (C=N–C) groups is 1. The predicted octanol–water partition coefficient (Wildman–Crippen LogP) is 6.15. The van der Waals surface area contributed by atoms with Crippen LogP contribution in [0.4, 0.5) is 5.82 Å². The van der Waals surface area contributed by atoms with Gasteiger partial charge in [-0.1, -0.05) is 73.9 Å². The molecule has 2 heterocycles. The number of carbonyl (C=O) groups is 3. The molecule has 4 aliphatic carbocycles. The van der Waals surface area contributed by atoms with E-state index in [-0.39, 0.29) is 72.6 Å². The molecule has 11 heteroatoms. The van der Waals surface area contributed by atoms with Crippen LogP contribution in [0.15, 0.2) is 89.6 Å². The zero-order valence-electron chi connectivity index (χ0n) is 33.0. The molecular weight excluding hydrogens is 731 g/mol. The van der Waals surface area contributed by atoms with Crippen molar-refractivity contribution < 1.29 is 29.7 Å². The van der Waals surface area contributed by atoms with E-state index in [0.29, 0.717) is 24.8 Å². The second-order valence-electron chi connectivity index (χ2n) is 17.4. The molecular formula is C47H57N5O6. The van der Waals surface area contributed by atoms with Crippen LogP contribution in [0.5, 0.6) is 0 Å². The molecule has 2 aromatic carbocycles. The number of hydrogen-bond acceptors (Lipinski definition) is 9. The molecule has 0 spiro atoms. The predicted molar refractivity (Wildman–Crippen MR) is 225 cm³/mol. The molecule has 1 aromatic heterocycles. The number of aliphatic hydroxyl groups excluding tert-OH is 2. The van der Waals surface area contributed by atoms with Crippen LogP contribution >= 0.6 is 0 Å². The molecule has 1 saturated carbocycles. The number of H-pyrrole nitrogens is 1. The number of anilines is 1. The Bertz CT molecular complexity index is 2110. The van der Waals surface area contributed by atoms with Crippen molar-refractivity contribution >= 4 is 41.1 Å². The number of benzene rings is 2. The molecule has 306 valence electrons. The highest BCUT2D eigenvalue weighted by Gasteiger charge is 2.61. The van der Waals surface area contributed by atoms with Crippen molar-refractivity contribution in [2.45, 2.75) is 93.7 Å². The summed E-state index contributed by atoms with van der Waals surface area (Å²) in [5.41, 5.74) is 9.76. The number of guanidine groups is 1. The third-order valence-electron chi connectivity index (χ3n) is 14.1. The summed E-state index contributed by atoms with van der Waals surface area (Å²) in [5.74, 6) is 1.07. The van der Waals surface area contributed by atoms with Crippen molar-refractivity contribution in [1.82, 2.24) is 10.3 Å². The average Bonchev–Trinajstić information content (AvgIpc) is 3.73. The van der Waals surface area contributed by atoms with E-state index in [2.05, 4.69) is 70.3 Å². The fraction of sp³-hybridized carbons (Fsp3) is 0.489. The first-order valence-corrected chi connectivity index (χ1v) is 21.3. The van der Waals surface area contributed by atoms with Crippen LogP contribution < -0.4 is 16.4 Å². The van der Waals surface area contributed by atoms with Gasteiger partial charge in [0.2, 0.25) is 0 Å². The largest absolute Gasteiger partial charge is 0.478 e. The minimum atomic E-state index is -1.06. The van der Waals surface area contributed by atoms with Crippen LogP contribution in [0.2, 0.25) is 0 Å². The summed E-state index contributed by atoms with van der Waals surface area (Å²) in [5, 5.41) is 39.4. The number of aromatic amines is 1. The lowest BCUT2D eigenvalue weighted by molar-refractivity contribution is -0.131. The quantitative estimate of drug-likeness (QED) is 0.0343. The molecule has 1 aliphatic heterocycles. The van der Waals surface area contributed by atoms with Crippen molar-refractivity contribution in [1.29, 1.82) is 0 Å². The SMILES string of the molecule is NC1=N[C@H](/C(=C\C(=O)O)[C@@]2(Nc3ccc[nH]3)C=C[C@@H]3C[C@H]2[C@H]2[C@@H]4C=C[C@H](CCCCC[C@H](C=O)CCCO)[C@H]2c2cc5cc(CC=O)ccc5cc2[C@@H]43)C[C@H](CO)N1. The summed E-state index contributed by atoms with van der Waals surface area (Å²) >= 11 is 0. The van der Waals surface area contributed by atoms with Gasteiger partial charge in [-0.2, -0.15) is 0 Å². The number of aliphatic carboxylic acids is 1. The first-order chi connectivity index (χ1) is 28.3. The lowest BCUT2D eigenvalue weighted by Crippen LogP contribution is -2.61. The minimum Gasteiger partial charge on any atom is -0.478 e. The average molecular weight is 788 g/mol. The first kappa shape index (κ1) is 39.8. The van der Waals surface area contributed by atoms with E-state index in [1.165, 1.54) is 22.6 Å². The van der Waals surface area contributed by atoms with Crippen LogP contribution in [0, 0.1) is 35.5 Å². The topological polar surface area (TPSA) is 190 Å². The van der Waals surface area contributed by atoms with E-state index in [0.717, 1.165) is 74.3 Å². The Hall–Kier alpha value is -5.00. The normalized spacial score (nSPS) is 31.2. The first-order valence-electron chi connectivity index (χ1n) is 21.3. The third kappa shape index (κ3) is 7.54. The number of unbranched alkanes of at least 4 members (excludes halogenated alkanes) is 2. The Kier molecular flexibility index (Phi) is 11.7. The summed E-state index contributed by atoms with van der Waals surface area (Å²) in [6.07, 6.45) is 22.5. The number of aliphatic hydroxyl groups is 2. The molecule has 0 saturated heterocycles. The molecule has 0 radical (unpaired) electrons. The van der Waals surface area contributed by atoms with Crippen molar-refractivity contribution in [3.05, 3.63) is 101 Å². The Morgan fingerprint density at radius 2 is 1.81 bits per heavy atom. The number of aromatic nitrogens is 1. The lowest BCUT2D eigenvalue weighted by atomic mass is 9.43. The number of carbonyl (C=O) groups excluding carboxylic acids is 2. The summed E-state index contributed by atoms with van der Waals surface area (Å²) in [4.78, 5) is 44.4. The monoisotopic (exact) mass is 787 g/mol. The standard InChI is InChI=1S/C47H57N5O6/c48-46-50-34(27-56)24-40(51-46)38(25-42(57)58)47(52-41-9-4-17-49-41)16-14-32-23-39(47)45-35-13-12-30(8-3-1-2-6-29(26-55)7-5-18-53)44(45)37-22-33-20-28(15-19-54)10-11-31(33)21-36(37)43(32)35/h4,9-14,16-17,19-22,25-26,29-30,32,34-35,39-40,43-45,49,52-53,56H,1-3,5-8,15,18,23-24,27H2,(H,57,58)(H3,48,50,51)/b38-25+/t29-,30-,32+,34+,35+,39-,40-,43+,44-,45+,47-/m0/s1. The smallest absolute Gasteiger partial charge is 0.328 e. The summed E-state index contributed by atoms with van der Waals surface area (Å²) in [6.45, 7) is -0.0582. The number of aldehydes is 2. The Morgan fingerprint density at radius 3 is 2.57 bits per heavy atom. The molecule has 58 heavy (non-hydrogen) atoms. The van der Waals surface area contributed by atoms with Gasteiger partial charge in [0.25, 0.3) is 0 Å². The molecule has 6 bridgehead atoms. The fourth-order valence-corrected chi connectivity index (χ4v) is 11.7. The third-order valence-corrected chi connectivity index (χ3v) is 14.1. The number of nitrogens with two attached hydrogens (primary N) is 1. The number of fused-ring (bicyclic) bond motifs is 7. The zero-order valence-corrected chi connectivity index (χ0v) is 33.0. The molecule has 11 nitrogen and oxygen atoms in total. The van der Waals surface area contributed by atoms with Gasteiger partial charge >= 0.3 is 5.97 Å². The second-order valence-corrected chi connectivity index (χ2v) is 17.4. The molecule has 8 rings (SSSR count). The van der Waals surface area contributed by atoms with Crippen LogP contribution in [0.25, 0.3) is 10.8 Å². The minimum absolute atomic E-state index is 0.0165. The van der Waals surface area contributed by atoms with E-state index in [1.54, 1.807) is 0 Å². The van der Waals surface area contributed by atoms with Gasteiger partial charge in [0.1, 0.15) is 18.4 Å². The van der Waals surface area contributed by atoms with Gasteiger partial charge in [-0.25, -0.2) is 9.79 Å². The van der Waals surface area contributed by atoms with E-state index >= 15 is 0 Å². The number of allylic oxidation sites excluding steroid dienone is 3. The molecule has 11 atom stereocenters. The van der Waals surface area contributed by atoms with Gasteiger partial charge in [-0.05, 0) is 125 Å². The summed E-state index contributed by atoms with van der Waals surface area (Å²) in [6, 6.07) is 14.1. The van der Waals surface area contributed by atoms with Crippen LogP contribution in [0.1, 0.15) is 86.3 Å². The maximum Gasteiger partial charge on any atom is 0.328 e.